The maximum Gasteiger partial charge on any atom is 0.248 e. The summed E-state index contributed by atoms with van der Waals surface area (Å²) in [5, 5.41) is 2.83. The Morgan fingerprint density at radius 1 is 1.00 bits per heavy atom. The zero-order chi connectivity index (χ0) is 14.7. The number of rotatable bonds is 4. The molecule has 0 heterocycles. The van der Waals surface area contributed by atoms with Crippen molar-refractivity contribution in [3.8, 4) is 0 Å². The molecule has 0 saturated carbocycles. The highest BCUT2D eigenvalue weighted by atomic mass is 19.2. The lowest BCUT2D eigenvalue weighted by Gasteiger charge is -2.08. The van der Waals surface area contributed by atoms with Gasteiger partial charge in [0.25, 0.3) is 0 Å². The molecule has 0 bridgehead atoms. The molecule has 0 aromatic heterocycles. The zero-order valence-corrected chi connectivity index (χ0v) is 10.3. The Morgan fingerprint density at radius 2 is 1.60 bits per heavy atom. The minimum absolute atomic E-state index is 0.00266. The van der Waals surface area contributed by atoms with Gasteiger partial charge in [-0.1, -0.05) is 0 Å². The summed E-state index contributed by atoms with van der Waals surface area (Å²) in [7, 11) is 0. The van der Waals surface area contributed by atoms with E-state index in [9.17, 15) is 18.0 Å². The van der Waals surface area contributed by atoms with Gasteiger partial charge in [-0.2, -0.15) is 0 Å². The van der Waals surface area contributed by atoms with E-state index in [1.165, 1.54) is 12.1 Å². The highest BCUT2D eigenvalue weighted by Gasteiger charge is 2.09. The first kappa shape index (κ1) is 13.9. The Morgan fingerprint density at radius 3 is 2.20 bits per heavy atom. The number of carbonyl (C=O) groups excluding carboxylic acids is 1. The molecule has 0 aliphatic heterocycles. The van der Waals surface area contributed by atoms with Gasteiger partial charge in [0, 0.05) is 29.4 Å². The molecular weight excluding hydrogens is 269 g/mol. The first-order valence-corrected chi connectivity index (χ1v) is 5.74. The van der Waals surface area contributed by atoms with Crippen molar-refractivity contribution >= 4 is 11.6 Å². The molecule has 2 rings (SSSR count). The van der Waals surface area contributed by atoms with Crippen molar-refractivity contribution in [2.75, 3.05) is 5.32 Å². The highest BCUT2D eigenvalue weighted by Crippen LogP contribution is 2.16. The Hall–Kier alpha value is -2.50. The number of nitrogens with two attached hydrogens (primary N) is 1. The molecule has 0 unspecified atom stereocenters. The van der Waals surface area contributed by atoms with Gasteiger partial charge >= 0.3 is 0 Å². The van der Waals surface area contributed by atoms with Crippen LogP contribution in [0.2, 0.25) is 0 Å². The van der Waals surface area contributed by atoms with Crippen LogP contribution in [-0.4, -0.2) is 5.91 Å². The average Bonchev–Trinajstić information content (AvgIpc) is 2.42. The normalized spacial score (nSPS) is 10.3. The van der Waals surface area contributed by atoms with Crippen LogP contribution in [0.1, 0.15) is 15.9 Å². The number of amides is 1. The molecule has 0 radical (unpaired) electrons. The lowest BCUT2D eigenvalue weighted by molar-refractivity contribution is 0.100. The van der Waals surface area contributed by atoms with Gasteiger partial charge < -0.3 is 11.1 Å². The molecule has 0 saturated heterocycles. The van der Waals surface area contributed by atoms with Crippen LogP contribution in [0.5, 0.6) is 0 Å². The molecule has 2 aromatic rings. The number of halogens is 3. The number of hydrogen-bond acceptors (Lipinski definition) is 2. The van der Waals surface area contributed by atoms with E-state index in [-0.39, 0.29) is 12.1 Å². The van der Waals surface area contributed by atoms with Gasteiger partial charge in [0.1, 0.15) is 5.82 Å². The highest BCUT2D eigenvalue weighted by molar-refractivity contribution is 5.93. The fraction of sp³-hybridized carbons (Fsp3) is 0.0714. The average molecular weight is 280 g/mol. The Bertz CT molecular complexity index is 642. The number of anilines is 1. The third-order valence-electron chi connectivity index (χ3n) is 2.74. The van der Waals surface area contributed by atoms with Crippen molar-refractivity contribution in [1.29, 1.82) is 0 Å². The summed E-state index contributed by atoms with van der Waals surface area (Å²) in [4.78, 5) is 10.9. The van der Waals surface area contributed by atoms with Crippen LogP contribution in [-0.2, 0) is 6.54 Å². The molecule has 104 valence electrons. The summed E-state index contributed by atoms with van der Waals surface area (Å²) in [6.45, 7) is -0.0149. The van der Waals surface area contributed by atoms with Crippen LogP contribution in [0.4, 0.5) is 18.9 Å². The first-order chi connectivity index (χ1) is 9.47. The zero-order valence-electron chi connectivity index (χ0n) is 10.3. The predicted octanol–water partition coefficient (Wildman–Crippen LogP) is 2.81. The number of carbonyl (C=O) groups is 1. The third-order valence-corrected chi connectivity index (χ3v) is 2.74. The summed E-state index contributed by atoms with van der Waals surface area (Å²) >= 11 is 0. The van der Waals surface area contributed by atoms with Gasteiger partial charge in [-0.05, 0) is 30.3 Å². The summed E-state index contributed by atoms with van der Waals surface area (Å²) in [5.41, 5.74) is 6.03. The number of primary amides is 1. The molecule has 0 fully saturated rings. The number of nitrogens with one attached hydrogen (secondary N) is 1. The smallest absolute Gasteiger partial charge is 0.248 e. The van der Waals surface area contributed by atoms with Crippen molar-refractivity contribution in [3.05, 3.63) is 65.0 Å². The number of hydrogen-bond donors (Lipinski definition) is 2. The Kier molecular flexibility index (Phi) is 3.93. The van der Waals surface area contributed by atoms with Crippen LogP contribution >= 0.6 is 0 Å². The molecule has 2 aromatic carbocycles. The molecule has 0 spiro atoms. The van der Waals surface area contributed by atoms with E-state index >= 15 is 0 Å². The molecule has 20 heavy (non-hydrogen) atoms. The van der Waals surface area contributed by atoms with Gasteiger partial charge in [0.2, 0.25) is 5.91 Å². The topological polar surface area (TPSA) is 55.1 Å². The van der Waals surface area contributed by atoms with Crippen LogP contribution in [0, 0.1) is 17.5 Å². The van der Waals surface area contributed by atoms with Crippen molar-refractivity contribution in [2.45, 2.75) is 6.54 Å². The molecule has 3 nitrogen and oxygen atoms in total. The van der Waals surface area contributed by atoms with E-state index in [4.69, 9.17) is 5.73 Å². The fourth-order valence-corrected chi connectivity index (χ4v) is 1.65. The molecule has 0 aliphatic rings. The van der Waals surface area contributed by atoms with E-state index in [1.807, 2.05) is 0 Å². The molecular formula is C14H11F3N2O. The van der Waals surface area contributed by atoms with E-state index in [0.717, 1.165) is 6.07 Å². The minimum atomic E-state index is -1.22. The quantitative estimate of drug-likeness (QED) is 0.846. The van der Waals surface area contributed by atoms with Gasteiger partial charge in [-0.3, -0.25) is 4.79 Å². The van der Waals surface area contributed by atoms with Crippen molar-refractivity contribution in [2.24, 2.45) is 5.73 Å². The van der Waals surface area contributed by atoms with Crippen LogP contribution in [0.25, 0.3) is 0 Å². The predicted molar refractivity (Wildman–Crippen MR) is 68.6 cm³/mol. The van der Waals surface area contributed by atoms with E-state index in [1.54, 1.807) is 12.1 Å². The first-order valence-electron chi connectivity index (χ1n) is 5.74. The van der Waals surface area contributed by atoms with Gasteiger partial charge in [-0.15, -0.1) is 0 Å². The summed E-state index contributed by atoms with van der Waals surface area (Å²) in [6.07, 6.45) is 0. The Balaban J connectivity index is 2.09. The van der Waals surface area contributed by atoms with Crippen LogP contribution < -0.4 is 11.1 Å². The monoisotopic (exact) mass is 280 g/mol. The minimum Gasteiger partial charge on any atom is -0.381 e. The summed E-state index contributed by atoms with van der Waals surface area (Å²) in [5.74, 6) is -3.71. The van der Waals surface area contributed by atoms with E-state index in [0.29, 0.717) is 17.3 Å². The van der Waals surface area contributed by atoms with Crippen molar-refractivity contribution in [3.63, 3.8) is 0 Å². The molecule has 1 amide bonds. The largest absolute Gasteiger partial charge is 0.381 e. The summed E-state index contributed by atoms with van der Waals surface area (Å²) < 4.78 is 39.2. The van der Waals surface area contributed by atoms with Crippen LogP contribution in [0.15, 0.2) is 36.4 Å². The second-order valence-corrected chi connectivity index (χ2v) is 4.15. The molecule has 6 heteroatoms. The lowest BCUT2D eigenvalue weighted by Crippen LogP contribution is -2.10. The van der Waals surface area contributed by atoms with Gasteiger partial charge in [0.05, 0.1) is 0 Å². The molecule has 3 N–H and O–H groups in total. The van der Waals surface area contributed by atoms with Gasteiger partial charge in [-0.25, -0.2) is 13.2 Å². The Labute approximate surface area is 113 Å². The van der Waals surface area contributed by atoms with E-state index in [2.05, 4.69) is 5.32 Å². The van der Waals surface area contributed by atoms with Gasteiger partial charge in [0.15, 0.2) is 11.6 Å². The lowest BCUT2D eigenvalue weighted by atomic mass is 10.1. The maximum atomic E-state index is 13.4. The molecule has 0 atom stereocenters. The van der Waals surface area contributed by atoms with E-state index < -0.39 is 23.4 Å². The standard InChI is InChI=1S/C14H11F3N2O/c15-11-6-13(17)12(16)5-9(11)7-19-10-3-1-8(2-4-10)14(18)20/h1-6,19H,7H2,(H2,18,20). The van der Waals surface area contributed by atoms with Crippen LogP contribution in [0.3, 0.4) is 0 Å². The number of benzene rings is 2. The fourth-order valence-electron chi connectivity index (χ4n) is 1.65. The second-order valence-electron chi connectivity index (χ2n) is 4.15. The summed E-state index contributed by atoms with van der Waals surface area (Å²) in [6, 6.07) is 7.48. The van der Waals surface area contributed by atoms with Crippen molar-refractivity contribution < 1.29 is 18.0 Å². The SMILES string of the molecule is NC(=O)c1ccc(NCc2cc(F)c(F)cc2F)cc1. The maximum absolute atomic E-state index is 13.4. The van der Waals surface area contributed by atoms with Crippen molar-refractivity contribution in [1.82, 2.24) is 0 Å². The second kappa shape index (κ2) is 5.64. The third kappa shape index (κ3) is 3.09. The molecule has 0 aliphatic carbocycles.